The number of carboxylic acids is 1. The molecule has 1 aromatic rings. The van der Waals surface area contributed by atoms with Crippen molar-refractivity contribution in [2.45, 2.75) is 18.9 Å². The highest BCUT2D eigenvalue weighted by Crippen LogP contribution is 2.29. The quantitative estimate of drug-likeness (QED) is 0.814. The van der Waals surface area contributed by atoms with E-state index in [0.29, 0.717) is 0 Å². The first-order valence-corrected chi connectivity index (χ1v) is 6.15. The van der Waals surface area contributed by atoms with Crippen LogP contribution in [0.1, 0.15) is 23.2 Å². The lowest BCUT2D eigenvalue weighted by Crippen LogP contribution is -2.35. The molecule has 19 heavy (non-hydrogen) atoms. The molecule has 0 atom stereocenters. The lowest BCUT2D eigenvalue weighted by Gasteiger charge is -2.29. The Morgan fingerprint density at radius 1 is 1.47 bits per heavy atom. The molecule has 0 aromatic heterocycles. The Balaban J connectivity index is 2.20. The van der Waals surface area contributed by atoms with Crippen molar-refractivity contribution >= 4 is 11.7 Å². The highest BCUT2D eigenvalue weighted by atomic mass is 19.1. The van der Waals surface area contributed by atoms with Crippen molar-refractivity contribution in [2.75, 3.05) is 25.9 Å². The zero-order chi connectivity index (χ0) is 14.0. The van der Waals surface area contributed by atoms with Gasteiger partial charge >= 0.3 is 5.97 Å². The molecule has 0 radical (unpaired) electrons. The molecule has 1 aliphatic rings. The van der Waals surface area contributed by atoms with Crippen molar-refractivity contribution in [1.82, 2.24) is 4.90 Å². The molecule has 0 unspecified atom stereocenters. The number of carboxylic acid groups (broad SMARTS) is 1. The normalized spacial score (nSPS) is 17.4. The summed E-state index contributed by atoms with van der Waals surface area (Å²) in [5, 5.41) is 9.11. The number of aromatic carboxylic acids is 1. The standard InChI is InChI=1S/C13H17FN2O3/c1-16-6-4-8(5-7-16)19-10-3-2-9(14)12(15)11(10)13(17)18/h2-3,8H,4-7,15H2,1H3,(H,17,18). The molecule has 3 N–H and O–H groups in total. The number of ether oxygens (including phenoxy) is 1. The minimum atomic E-state index is -1.28. The van der Waals surface area contributed by atoms with Crippen molar-refractivity contribution in [1.29, 1.82) is 0 Å². The van der Waals surface area contributed by atoms with Crippen LogP contribution in [0.2, 0.25) is 0 Å². The van der Waals surface area contributed by atoms with Crippen LogP contribution in [0.3, 0.4) is 0 Å². The molecule has 2 rings (SSSR count). The maximum Gasteiger partial charge on any atom is 0.341 e. The SMILES string of the molecule is CN1CCC(Oc2ccc(F)c(N)c2C(=O)O)CC1. The van der Waals surface area contributed by atoms with Crippen molar-refractivity contribution in [3.8, 4) is 5.75 Å². The molecule has 0 aliphatic carbocycles. The molecule has 1 fully saturated rings. The van der Waals surface area contributed by atoms with Gasteiger partial charge in [-0.15, -0.1) is 0 Å². The highest BCUT2D eigenvalue weighted by Gasteiger charge is 2.23. The summed E-state index contributed by atoms with van der Waals surface area (Å²) >= 11 is 0. The zero-order valence-corrected chi connectivity index (χ0v) is 10.7. The predicted molar refractivity (Wildman–Crippen MR) is 68.9 cm³/mol. The summed E-state index contributed by atoms with van der Waals surface area (Å²) < 4.78 is 19.0. The minimum Gasteiger partial charge on any atom is -0.489 e. The molecule has 1 aliphatic heterocycles. The van der Waals surface area contributed by atoms with Gasteiger partial charge in [-0.2, -0.15) is 0 Å². The van der Waals surface area contributed by atoms with Gasteiger partial charge in [-0.25, -0.2) is 9.18 Å². The van der Waals surface area contributed by atoms with Gasteiger partial charge in [0.15, 0.2) is 0 Å². The summed E-state index contributed by atoms with van der Waals surface area (Å²) in [5.74, 6) is -1.88. The molecule has 1 aromatic carbocycles. The molecule has 0 amide bonds. The van der Waals surface area contributed by atoms with E-state index in [0.717, 1.165) is 32.0 Å². The number of halogens is 1. The first-order valence-electron chi connectivity index (χ1n) is 6.15. The number of anilines is 1. The van der Waals surface area contributed by atoms with Crippen LogP contribution >= 0.6 is 0 Å². The predicted octanol–water partition coefficient (Wildman–Crippen LogP) is 1.58. The molecular formula is C13H17FN2O3. The Morgan fingerprint density at radius 2 is 2.11 bits per heavy atom. The molecule has 0 saturated carbocycles. The van der Waals surface area contributed by atoms with Gasteiger partial charge in [0.05, 0.1) is 5.69 Å². The van der Waals surface area contributed by atoms with Gasteiger partial charge in [-0.3, -0.25) is 0 Å². The third-order valence-electron chi connectivity index (χ3n) is 3.33. The number of rotatable bonds is 3. The summed E-state index contributed by atoms with van der Waals surface area (Å²) in [7, 11) is 2.02. The maximum atomic E-state index is 13.3. The largest absolute Gasteiger partial charge is 0.489 e. The smallest absolute Gasteiger partial charge is 0.341 e. The van der Waals surface area contributed by atoms with E-state index < -0.39 is 11.8 Å². The van der Waals surface area contributed by atoms with Gasteiger partial charge in [0.1, 0.15) is 23.2 Å². The maximum absolute atomic E-state index is 13.3. The first-order chi connectivity index (χ1) is 8.99. The van der Waals surface area contributed by atoms with E-state index in [4.69, 9.17) is 15.6 Å². The van der Waals surface area contributed by atoms with Crippen LogP contribution in [-0.2, 0) is 0 Å². The Hall–Kier alpha value is -1.82. The van der Waals surface area contributed by atoms with E-state index >= 15 is 0 Å². The van der Waals surface area contributed by atoms with Gasteiger partial charge in [0.25, 0.3) is 0 Å². The number of piperidine rings is 1. The van der Waals surface area contributed by atoms with E-state index in [2.05, 4.69) is 4.90 Å². The van der Waals surface area contributed by atoms with Gasteiger partial charge < -0.3 is 20.5 Å². The van der Waals surface area contributed by atoms with Gasteiger partial charge in [-0.1, -0.05) is 0 Å². The minimum absolute atomic E-state index is 0.0563. The summed E-state index contributed by atoms with van der Waals surface area (Å²) in [4.78, 5) is 13.3. The molecule has 0 bridgehead atoms. The molecular weight excluding hydrogens is 251 g/mol. The fourth-order valence-corrected chi connectivity index (χ4v) is 2.18. The van der Waals surface area contributed by atoms with E-state index in [-0.39, 0.29) is 23.1 Å². The Labute approximate surface area is 110 Å². The molecule has 1 saturated heterocycles. The summed E-state index contributed by atoms with van der Waals surface area (Å²) in [5.41, 5.74) is 4.80. The Morgan fingerprint density at radius 3 is 2.68 bits per heavy atom. The number of benzene rings is 1. The zero-order valence-electron chi connectivity index (χ0n) is 10.7. The van der Waals surface area contributed by atoms with E-state index in [1.807, 2.05) is 7.05 Å². The molecule has 0 spiro atoms. The van der Waals surface area contributed by atoms with E-state index in [1.54, 1.807) is 0 Å². The Bertz CT molecular complexity index is 485. The highest BCUT2D eigenvalue weighted by molar-refractivity contribution is 5.96. The lowest BCUT2D eigenvalue weighted by atomic mass is 10.1. The van der Waals surface area contributed by atoms with E-state index in [9.17, 15) is 9.18 Å². The van der Waals surface area contributed by atoms with Crippen molar-refractivity contribution in [3.05, 3.63) is 23.5 Å². The number of nitrogen functional groups attached to an aromatic ring is 1. The second-order valence-corrected chi connectivity index (χ2v) is 4.76. The number of nitrogens with zero attached hydrogens (tertiary/aromatic N) is 1. The molecule has 104 valence electrons. The molecule has 6 heteroatoms. The van der Waals surface area contributed by atoms with Gasteiger partial charge in [0.2, 0.25) is 0 Å². The Kier molecular flexibility index (Phi) is 3.90. The summed E-state index contributed by atoms with van der Waals surface area (Å²) in [6.07, 6.45) is 1.57. The van der Waals surface area contributed by atoms with Crippen LogP contribution in [0.5, 0.6) is 5.75 Å². The molecule has 1 heterocycles. The third kappa shape index (κ3) is 2.96. The van der Waals surface area contributed by atoms with Crippen molar-refractivity contribution in [3.63, 3.8) is 0 Å². The number of hydrogen-bond acceptors (Lipinski definition) is 4. The summed E-state index contributed by atoms with van der Waals surface area (Å²) in [6, 6.07) is 2.46. The number of hydrogen-bond donors (Lipinski definition) is 2. The van der Waals surface area contributed by atoms with Crippen LogP contribution in [0.4, 0.5) is 10.1 Å². The van der Waals surface area contributed by atoms with Crippen LogP contribution in [0.15, 0.2) is 12.1 Å². The number of nitrogens with two attached hydrogens (primary N) is 1. The van der Waals surface area contributed by atoms with Crippen LogP contribution < -0.4 is 10.5 Å². The van der Waals surface area contributed by atoms with Crippen LogP contribution in [0, 0.1) is 5.82 Å². The third-order valence-corrected chi connectivity index (χ3v) is 3.33. The van der Waals surface area contributed by atoms with Crippen molar-refractivity contribution < 1.29 is 19.0 Å². The molecule has 5 nitrogen and oxygen atoms in total. The van der Waals surface area contributed by atoms with Crippen molar-refractivity contribution in [2.24, 2.45) is 0 Å². The first kappa shape index (κ1) is 13.6. The number of carbonyl (C=O) groups is 1. The fraction of sp³-hybridized carbons (Fsp3) is 0.462. The van der Waals surface area contributed by atoms with Crippen LogP contribution in [-0.4, -0.2) is 42.2 Å². The monoisotopic (exact) mass is 268 g/mol. The van der Waals surface area contributed by atoms with Gasteiger partial charge in [0, 0.05) is 13.1 Å². The second-order valence-electron chi connectivity index (χ2n) is 4.76. The second kappa shape index (κ2) is 5.44. The average molecular weight is 268 g/mol. The number of likely N-dealkylation sites (tertiary alicyclic amines) is 1. The van der Waals surface area contributed by atoms with E-state index in [1.165, 1.54) is 6.07 Å². The average Bonchev–Trinajstić information content (AvgIpc) is 2.36. The van der Waals surface area contributed by atoms with Gasteiger partial charge in [-0.05, 0) is 32.0 Å². The lowest BCUT2D eigenvalue weighted by molar-refractivity contribution is 0.0682. The fourth-order valence-electron chi connectivity index (χ4n) is 2.18. The topological polar surface area (TPSA) is 75.8 Å². The van der Waals surface area contributed by atoms with Crippen LogP contribution in [0.25, 0.3) is 0 Å². The summed E-state index contributed by atoms with van der Waals surface area (Å²) in [6.45, 7) is 1.79.